The highest BCUT2D eigenvalue weighted by Gasteiger charge is 2.14. The molecule has 0 unspecified atom stereocenters. The van der Waals surface area contributed by atoms with Gasteiger partial charge in [-0.05, 0) is 31.4 Å². The molecule has 1 N–H and O–H groups in total. The molecular formula is C20H22N2O2. The van der Waals surface area contributed by atoms with Crippen molar-refractivity contribution in [3.63, 3.8) is 0 Å². The van der Waals surface area contributed by atoms with Gasteiger partial charge in [0.05, 0.1) is 12.0 Å². The van der Waals surface area contributed by atoms with E-state index in [4.69, 9.17) is 4.42 Å². The number of hydrogen-bond donors (Lipinski definition) is 1. The maximum Gasteiger partial charge on any atom is 0.137 e. The molecule has 3 aromatic rings. The van der Waals surface area contributed by atoms with Crippen molar-refractivity contribution in [2.45, 2.75) is 39.5 Å². The fourth-order valence-corrected chi connectivity index (χ4v) is 2.99. The van der Waals surface area contributed by atoms with Crippen molar-refractivity contribution in [1.82, 2.24) is 10.2 Å². The number of aryl methyl sites for hydroxylation is 2. The number of aromatic amines is 1. The summed E-state index contributed by atoms with van der Waals surface area (Å²) in [6, 6.07) is 12.1. The maximum absolute atomic E-state index is 12.2. The van der Waals surface area contributed by atoms with Crippen molar-refractivity contribution in [3.05, 3.63) is 65.2 Å². The van der Waals surface area contributed by atoms with Crippen molar-refractivity contribution in [1.29, 1.82) is 0 Å². The van der Waals surface area contributed by atoms with Gasteiger partial charge in [-0.2, -0.15) is 5.10 Å². The van der Waals surface area contributed by atoms with Crippen LogP contribution in [0.1, 0.15) is 35.9 Å². The molecule has 2 aromatic heterocycles. The van der Waals surface area contributed by atoms with E-state index in [1.54, 1.807) is 6.26 Å². The van der Waals surface area contributed by atoms with Gasteiger partial charge in [-0.3, -0.25) is 9.89 Å². The first kappa shape index (κ1) is 16.2. The van der Waals surface area contributed by atoms with E-state index in [0.29, 0.717) is 19.3 Å². The molecule has 0 fully saturated rings. The highest BCUT2D eigenvalue weighted by Crippen LogP contribution is 2.25. The summed E-state index contributed by atoms with van der Waals surface area (Å²) in [4.78, 5) is 12.2. The molecule has 124 valence electrons. The minimum atomic E-state index is 0.216. The lowest BCUT2D eigenvalue weighted by molar-refractivity contribution is -0.118. The van der Waals surface area contributed by atoms with Gasteiger partial charge >= 0.3 is 0 Å². The van der Waals surface area contributed by atoms with Gasteiger partial charge in [0.25, 0.3) is 0 Å². The van der Waals surface area contributed by atoms with Crippen LogP contribution < -0.4 is 0 Å². The first-order valence-corrected chi connectivity index (χ1v) is 8.34. The second kappa shape index (κ2) is 7.30. The second-order valence-electron chi connectivity index (χ2n) is 6.03. The molecule has 0 aliphatic carbocycles. The Hall–Kier alpha value is -2.62. The molecule has 0 atom stereocenters. The van der Waals surface area contributed by atoms with Crippen LogP contribution in [0.5, 0.6) is 0 Å². The molecule has 4 nitrogen and oxygen atoms in total. The van der Waals surface area contributed by atoms with E-state index >= 15 is 0 Å². The molecule has 24 heavy (non-hydrogen) atoms. The van der Waals surface area contributed by atoms with Gasteiger partial charge in [0, 0.05) is 29.7 Å². The summed E-state index contributed by atoms with van der Waals surface area (Å²) in [5.41, 5.74) is 5.31. The molecule has 4 heteroatoms. The van der Waals surface area contributed by atoms with Crippen LogP contribution in [0.15, 0.2) is 47.1 Å². The number of carbonyl (C=O) groups excluding carboxylic acids is 1. The number of carbonyl (C=O) groups is 1. The van der Waals surface area contributed by atoms with Crippen molar-refractivity contribution < 1.29 is 9.21 Å². The summed E-state index contributed by atoms with van der Waals surface area (Å²) in [6.07, 6.45) is 4.18. The van der Waals surface area contributed by atoms with Crippen LogP contribution in [0.25, 0.3) is 11.3 Å². The first-order chi connectivity index (χ1) is 11.7. The molecule has 0 aliphatic heterocycles. The maximum atomic E-state index is 12.2. The number of H-pyrrole nitrogens is 1. The number of furan rings is 1. The largest absolute Gasteiger partial charge is 0.469 e. The highest BCUT2D eigenvalue weighted by molar-refractivity contribution is 5.81. The van der Waals surface area contributed by atoms with Crippen molar-refractivity contribution in [2.24, 2.45) is 0 Å². The molecule has 0 saturated heterocycles. The molecule has 0 spiro atoms. The van der Waals surface area contributed by atoms with E-state index in [0.717, 1.165) is 34.7 Å². The normalized spacial score (nSPS) is 10.9. The Labute approximate surface area is 141 Å². The zero-order valence-corrected chi connectivity index (χ0v) is 14.1. The monoisotopic (exact) mass is 322 g/mol. The predicted molar refractivity (Wildman–Crippen MR) is 93.9 cm³/mol. The number of aromatic nitrogens is 2. The average molecular weight is 322 g/mol. The standard InChI is InChI=1S/C20H22N2O2/c1-3-18-19(21-22-20(18)16-7-5-4-6-8-16)10-9-17(23)12-15-11-14(2)24-13-15/h4-8,11,13H,3,9-10,12H2,1-2H3,(H,21,22). The molecule has 0 aliphatic rings. The SMILES string of the molecule is CCc1c(-c2ccccc2)n[nH]c1CCC(=O)Cc1coc(C)c1. The second-order valence-corrected chi connectivity index (χ2v) is 6.03. The Morgan fingerprint density at radius 2 is 2.04 bits per heavy atom. The molecule has 2 heterocycles. The molecular weight excluding hydrogens is 300 g/mol. The van der Waals surface area contributed by atoms with Crippen molar-refractivity contribution >= 4 is 5.78 Å². The third-order valence-corrected chi connectivity index (χ3v) is 4.19. The molecule has 0 bridgehead atoms. The van der Waals surface area contributed by atoms with Crippen LogP contribution in [-0.2, 0) is 24.1 Å². The van der Waals surface area contributed by atoms with Crippen LogP contribution in [0.3, 0.4) is 0 Å². The van der Waals surface area contributed by atoms with Gasteiger partial charge < -0.3 is 4.42 Å². The van der Waals surface area contributed by atoms with E-state index in [1.165, 1.54) is 5.56 Å². The Bertz CT molecular complexity index is 815. The van der Waals surface area contributed by atoms with E-state index in [9.17, 15) is 4.79 Å². The highest BCUT2D eigenvalue weighted by atomic mass is 16.3. The summed E-state index contributed by atoms with van der Waals surface area (Å²) < 4.78 is 5.25. The number of Topliss-reactive ketones (excluding diaryl/α,β-unsaturated/α-hetero) is 1. The first-order valence-electron chi connectivity index (χ1n) is 8.34. The van der Waals surface area contributed by atoms with Crippen LogP contribution in [0, 0.1) is 6.92 Å². The zero-order valence-electron chi connectivity index (χ0n) is 14.1. The van der Waals surface area contributed by atoms with E-state index < -0.39 is 0 Å². The predicted octanol–water partition coefficient (Wildman–Crippen LogP) is 4.28. The number of nitrogens with one attached hydrogen (secondary N) is 1. The Kier molecular flexibility index (Phi) is 4.94. The van der Waals surface area contributed by atoms with Crippen LogP contribution in [-0.4, -0.2) is 16.0 Å². The third kappa shape index (κ3) is 3.65. The number of hydrogen-bond acceptors (Lipinski definition) is 3. The van der Waals surface area contributed by atoms with E-state index in [-0.39, 0.29) is 5.78 Å². The molecule has 3 rings (SSSR count). The number of nitrogens with zero attached hydrogens (tertiary/aromatic N) is 1. The summed E-state index contributed by atoms with van der Waals surface area (Å²) in [7, 11) is 0. The Morgan fingerprint density at radius 1 is 1.25 bits per heavy atom. The van der Waals surface area contributed by atoms with E-state index in [2.05, 4.69) is 29.3 Å². The lowest BCUT2D eigenvalue weighted by Gasteiger charge is -2.03. The smallest absolute Gasteiger partial charge is 0.137 e. The van der Waals surface area contributed by atoms with Gasteiger partial charge in [-0.25, -0.2) is 0 Å². The van der Waals surface area contributed by atoms with Crippen molar-refractivity contribution in [3.8, 4) is 11.3 Å². The van der Waals surface area contributed by atoms with Crippen LogP contribution >= 0.6 is 0 Å². The zero-order chi connectivity index (χ0) is 16.9. The van der Waals surface area contributed by atoms with Gasteiger partial charge in [-0.1, -0.05) is 37.3 Å². The third-order valence-electron chi connectivity index (χ3n) is 4.19. The fraction of sp³-hybridized carbons (Fsp3) is 0.300. The van der Waals surface area contributed by atoms with Gasteiger partial charge in [0.15, 0.2) is 0 Å². The molecule has 0 amide bonds. The fourth-order valence-electron chi connectivity index (χ4n) is 2.99. The average Bonchev–Trinajstić information content (AvgIpc) is 3.19. The van der Waals surface area contributed by atoms with Crippen LogP contribution in [0.4, 0.5) is 0 Å². The number of benzene rings is 1. The number of ketones is 1. The summed E-state index contributed by atoms with van der Waals surface area (Å²) in [5, 5.41) is 7.60. The minimum absolute atomic E-state index is 0.216. The lowest BCUT2D eigenvalue weighted by Crippen LogP contribution is -2.05. The number of rotatable bonds is 7. The molecule has 1 aromatic carbocycles. The van der Waals surface area contributed by atoms with Crippen LogP contribution in [0.2, 0.25) is 0 Å². The summed E-state index contributed by atoms with van der Waals surface area (Å²) >= 11 is 0. The lowest BCUT2D eigenvalue weighted by atomic mass is 10.00. The Balaban J connectivity index is 1.67. The molecule has 0 radical (unpaired) electrons. The quantitative estimate of drug-likeness (QED) is 0.706. The van der Waals surface area contributed by atoms with E-state index in [1.807, 2.05) is 31.2 Å². The summed E-state index contributed by atoms with van der Waals surface area (Å²) in [5.74, 6) is 1.06. The minimum Gasteiger partial charge on any atom is -0.469 e. The Morgan fingerprint density at radius 3 is 2.71 bits per heavy atom. The van der Waals surface area contributed by atoms with Gasteiger partial charge in [0.1, 0.15) is 11.5 Å². The van der Waals surface area contributed by atoms with Gasteiger partial charge in [0.2, 0.25) is 0 Å². The summed E-state index contributed by atoms with van der Waals surface area (Å²) in [6.45, 7) is 4.01. The topological polar surface area (TPSA) is 58.9 Å². The van der Waals surface area contributed by atoms with Gasteiger partial charge in [-0.15, -0.1) is 0 Å². The molecule has 0 saturated carbocycles. The van der Waals surface area contributed by atoms with Crippen molar-refractivity contribution in [2.75, 3.05) is 0 Å².